The fraction of sp³-hybridized carbons (Fsp3) is 0.357. The molecule has 0 spiro atoms. The average Bonchev–Trinajstić information content (AvgIpc) is 2.86. The Kier molecular flexibility index (Phi) is 9.38. The summed E-state index contributed by atoms with van der Waals surface area (Å²) < 4.78 is 107. The highest BCUT2D eigenvalue weighted by molar-refractivity contribution is 7.84. The summed E-state index contributed by atoms with van der Waals surface area (Å²) in [6.07, 6.45) is -8.95. The van der Waals surface area contributed by atoms with Gasteiger partial charge in [0.15, 0.2) is 11.6 Å². The van der Waals surface area contributed by atoms with E-state index < -0.39 is 51.1 Å². The molecule has 0 amide bonds. The molecule has 0 aliphatic rings. The highest BCUT2D eigenvalue weighted by Gasteiger charge is 2.45. The van der Waals surface area contributed by atoms with Gasteiger partial charge in [0.05, 0.1) is 22.8 Å². The van der Waals surface area contributed by atoms with Gasteiger partial charge in [-0.05, 0) is 68.1 Å². The van der Waals surface area contributed by atoms with E-state index in [-0.39, 0.29) is 24.3 Å². The summed E-state index contributed by atoms with van der Waals surface area (Å²) in [6, 6.07) is 15.4. The van der Waals surface area contributed by atoms with Crippen LogP contribution < -0.4 is 14.2 Å². The van der Waals surface area contributed by atoms with Crippen molar-refractivity contribution in [2.45, 2.75) is 49.9 Å². The second-order valence-electron chi connectivity index (χ2n) is 9.94. The van der Waals surface area contributed by atoms with Crippen LogP contribution in [-0.2, 0) is 22.8 Å². The topological polar surface area (TPSA) is 47.6 Å². The molecular weight excluding hydrogens is 544 g/mol. The van der Waals surface area contributed by atoms with Crippen molar-refractivity contribution in [1.82, 2.24) is 4.72 Å². The maximum atomic E-state index is 14.9. The Hall–Kier alpha value is -3.05. The van der Waals surface area contributed by atoms with Gasteiger partial charge in [0.25, 0.3) is 0 Å². The number of alkyl halides is 4. The second-order valence-corrected chi connectivity index (χ2v) is 12.0. The normalized spacial score (nSPS) is 14.6. The van der Waals surface area contributed by atoms with Crippen molar-refractivity contribution in [2.24, 2.45) is 0 Å². The van der Waals surface area contributed by atoms with Gasteiger partial charge in [-0.2, -0.15) is 17.6 Å². The van der Waals surface area contributed by atoms with Crippen molar-refractivity contribution < 1.29 is 40.0 Å². The maximum Gasteiger partial charge on any atom is 0.461 e. The molecule has 0 aliphatic heterocycles. The van der Waals surface area contributed by atoms with Crippen LogP contribution in [0.25, 0.3) is 0 Å². The Bertz CT molecular complexity index is 1300. The van der Waals surface area contributed by atoms with Gasteiger partial charge in [-0.1, -0.05) is 36.4 Å². The van der Waals surface area contributed by atoms with Crippen molar-refractivity contribution in [1.29, 1.82) is 0 Å². The minimum Gasteiger partial charge on any atom is -0.494 e. The highest BCUT2D eigenvalue weighted by Crippen LogP contribution is 2.41. The third-order valence-electron chi connectivity index (χ3n) is 6.05. The fourth-order valence-electron chi connectivity index (χ4n) is 4.04. The minimum atomic E-state index is -4.88. The Balaban J connectivity index is 2.30. The zero-order valence-corrected chi connectivity index (χ0v) is 22.6. The average molecular weight is 574 g/mol. The van der Waals surface area contributed by atoms with Crippen molar-refractivity contribution in [2.75, 3.05) is 13.7 Å². The highest BCUT2D eigenvalue weighted by atomic mass is 32.2. The molecule has 0 saturated carbocycles. The molecule has 4 nitrogen and oxygen atoms in total. The van der Waals surface area contributed by atoms with Gasteiger partial charge in [-0.15, -0.1) is 0 Å². The summed E-state index contributed by atoms with van der Waals surface area (Å²) in [5.41, 5.74) is -0.267. The smallest absolute Gasteiger partial charge is 0.461 e. The fourth-order valence-corrected chi connectivity index (χ4v) is 4.85. The number of methoxy groups -OCH3 is 1. The van der Waals surface area contributed by atoms with Crippen molar-refractivity contribution in [3.63, 3.8) is 0 Å². The quantitative estimate of drug-likeness (QED) is 0.257. The van der Waals surface area contributed by atoms with Crippen LogP contribution in [0.1, 0.15) is 37.5 Å². The number of halogens is 6. The first-order valence-electron chi connectivity index (χ1n) is 11.9. The number of nitrogens with one attached hydrogen (secondary N) is 1. The molecule has 11 heteroatoms. The van der Waals surface area contributed by atoms with Crippen molar-refractivity contribution in [3.05, 3.63) is 95.1 Å². The number of hydrogen-bond acceptors (Lipinski definition) is 3. The predicted octanol–water partition coefficient (Wildman–Crippen LogP) is 6.79. The predicted molar refractivity (Wildman–Crippen MR) is 138 cm³/mol. The van der Waals surface area contributed by atoms with Gasteiger partial charge in [0.2, 0.25) is 0 Å². The monoisotopic (exact) mass is 573 g/mol. The first-order chi connectivity index (χ1) is 18.2. The van der Waals surface area contributed by atoms with E-state index in [1.807, 2.05) is 0 Å². The molecule has 2 atom stereocenters. The molecule has 3 aromatic carbocycles. The van der Waals surface area contributed by atoms with E-state index in [0.29, 0.717) is 17.2 Å². The number of ether oxygens (including phenoxy) is 2. The summed E-state index contributed by atoms with van der Waals surface area (Å²) in [7, 11) is -0.375. The Morgan fingerprint density at radius 1 is 0.923 bits per heavy atom. The first-order valence-corrected chi connectivity index (χ1v) is 13.0. The number of benzene rings is 3. The van der Waals surface area contributed by atoms with Crippen molar-refractivity contribution in [3.8, 4) is 11.5 Å². The molecule has 0 heterocycles. The summed E-state index contributed by atoms with van der Waals surface area (Å²) in [5, 5.41) is 0. The molecule has 3 aromatic rings. The Morgan fingerprint density at radius 3 is 2.18 bits per heavy atom. The van der Waals surface area contributed by atoms with E-state index in [9.17, 15) is 30.6 Å². The van der Waals surface area contributed by atoms with Crippen LogP contribution in [0.3, 0.4) is 0 Å². The molecule has 0 bridgehead atoms. The van der Waals surface area contributed by atoms with Gasteiger partial charge >= 0.3 is 12.5 Å². The summed E-state index contributed by atoms with van der Waals surface area (Å²) in [4.78, 5) is 0. The zero-order valence-electron chi connectivity index (χ0n) is 21.7. The van der Waals surface area contributed by atoms with Crippen LogP contribution in [0.15, 0.2) is 66.7 Å². The van der Waals surface area contributed by atoms with E-state index in [4.69, 9.17) is 4.74 Å². The lowest BCUT2D eigenvalue weighted by molar-refractivity contribution is -0.253. The number of hydrogen-bond donors (Lipinski definition) is 1. The van der Waals surface area contributed by atoms with Crippen LogP contribution in [-0.4, -0.2) is 35.1 Å². The van der Waals surface area contributed by atoms with Gasteiger partial charge in [-0.25, -0.2) is 17.7 Å². The van der Waals surface area contributed by atoms with Gasteiger partial charge in [0, 0.05) is 18.0 Å². The van der Waals surface area contributed by atoms with Gasteiger partial charge in [0.1, 0.15) is 11.6 Å². The SMILES string of the molecule is COc1cc([C@](CN[S@@](=O)C(C)(C)C)(Cc2ccccc2)c2cc(F)cc(OC(F)(F)C(F)F)c2)ccc1F. The maximum absolute atomic E-state index is 14.9. The van der Waals surface area contributed by atoms with Gasteiger partial charge in [-0.3, -0.25) is 0 Å². The van der Waals surface area contributed by atoms with Crippen molar-refractivity contribution >= 4 is 11.0 Å². The molecule has 0 fully saturated rings. The van der Waals surface area contributed by atoms with Crippen LogP contribution in [0, 0.1) is 11.6 Å². The summed E-state index contributed by atoms with van der Waals surface area (Å²) in [6.45, 7) is 5.05. The van der Waals surface area contributed by atoms with E-state index in [1.54, 1.807) is 51.1 Å². The largest absolute Gasteiger partial charge is 0.494 e. The molecule has 0 radical (unpaired) electrons. The molecule has 39 heavy (non-hydrogen) atoms. The standard InChI is InChI=1S/C28H29F6NO3S/c1-26(2,3)39(36)35-17-27(16-18-8-6-5-7-9-18,19-10-11-23(30)24(14-19)37-4)20-12-21(29)15-22(13-20)38-28(33,34)25(31)32/h5-15,25,35H,16-17H2,1-4H3/t27-,39+/m1/s1. The molecule has 0 aromatic heterocycles. The first kappa shape index (κ1) is 30.5. The van der Waals surface area contributed by atoms with Crippen LogP contribution in [0.5, 0.6) is 11.5 Å². The molecule has 3 rings (SSSR count). The summed E-state index contributed by atoms with van der Waals surface area (Å²) >= 11 is 0. The molecule has 0 aliphatic carbocycles. The molecule has 0 unspecified atom stereocenters. The minimum absolute atomic E-state index is 0.0403. The Morgan fingerprint density at radius 2 is 1.59 bits per heavy atom. The molecular formula is C28H29F6NO3S. The lowest BCUT2D eigenvalue weighted by atomic mass is 9.70. The zero-order chi connectivity index (χ0) is 29.0. The van der Waals surface area contributed by atoms with Gasteiger partial charge < -0.3 is 9.47 Å². The van der Waals surface area contributed by atoms with Crippen LogP contribution >= 0.6 is 0 Å². The third-order valence-corrected chi connectivity index (χ3v) is 7.56. The number of rotatable bonds is 11. The van der Waals surface area contributed by atoms with Crippen LogP contribution in [0.4, 0.5) is 26.3 Å². The molecule has 0 saturated heterocycles. The lowest BCUT2D eigenvalue weighted by Crippen LogP contribution is -2.45. The third kappa shape index (κ3) is 7.33. The molecule has 212 valence electrons. The van der Waals surface area contributed by atoms with Crippen LogP contribution in [0.2, 0.25) is 0 Å². The molecule has 1 N–H and O–H groups in total. The van der Waals surface area contributed by atoms with E-state index >= 15 is 0 Å². The Labute approximate surface area is 225 Å². The van der Waals surface area contributed by atoms with E-state index in [2.05, 4.69) is 9.46 Å². The van der Waals surface area contributed by atoms with E-state index in [0.717, 1.165) is 18.2 Å². The lowest BCUT2D eigenvalue weighted by Gasteiger charge is -2.37. The van der Waals surface area contributed by atoms with E-state index in [1.165, 1.54) is 19.2 Å². The summed E-state index contributed by atoms with van der Waals surface area (Å²) in [5.74, 6) is -2.69. The second kappa shape index (κ2) is 12.0.